The lowest BCUT2D eigenvalue weighted by Crippen LogP contribution is -2.34. The molecule has 156 valence electrons. The van der Waals surface area contributed by atoms with Crippen molar-refractivity contribution in [2.75, 3.05) is 12.4 Å². The van der Waals surface area contributed by atoms with Crippen molar-refractivity contribution in [3.8, 4) is 17.2 Å². The molecule has 3 aromatic carbocycles. The fourth-order valence-electron chi connectivity index (χ4n) is 3.10. The third-order valence-electron chi connectivity index (χ3n) is 4.95. The van der Waals surface area contributed by atoms with Crippen molar-refractivity contribution >= 4 is 40.0 Å². The molecule has 1 aromatic heterocycles. The number of anilines is 1. The van der Waals surface area contributed by atoms with Crippen LogP contribution < -0.4 is 15.4 Å². The molecule has 31 heavy (non-hydrogen) atoms. The summed E-state index contributed by atoms with van der Waals surface area (Å²) in [5.41, 5.74) is 5.99. The van der Waals surface area contributed by atoms with Crippen LogP contribution in [0.5, 0.6) is 5.75 Å². The summed E-state index contributed by atoms with van der Waals surface area (Å²) in [5, 5.41) is 5.88. The van der Waals surface area contributed by atoms with Gasteiger partial charge in [-0.05, 0) is 91.8 Å². The monoisotopic (exact) mass is 431 g/mol. The van der Waals surface area contributed by atoms with Crippen molar-refractivity contribution in [2.45, 2.75) is 13.8 Å². The Bertz CT molecular complexity index is 1240. The summed E-state index contributed by atoms with van der Waals surface area (Å²) < 4.78 is 11.0. The fraction of sp³-hybridized carbons (Fsp3) is 0.125. The van der Waals surface area contributed by atoms with E-state index in [9.17, 15) is 4.79 Å². The number of oxazole rings is 1. The van der Waals surface area contributed by atoms with Gasteiger partial charge in [0.2, 0.25) is 5.89 Å². The zero-order chi connectivity index (χ0) is 22.0. The van der Waals surface area contributed by atoms with E-state index in [0.29, 0.717) is 17.2 Å². The van der Waals surface area contributed by atoms with Gasteiger partial charge in [-0.15, -0.1) is 0 Å². The first-order valence-electron chi connectivity index (χ1n) is 9.67. The molecule has 0 aliphatic carbocycles. The Hall–Kier alpha value is -3.71. The highest BCUT2D eigenvalue weighted by Crippen LogP contribution is 2.27. The summed E-state index contributed by atoms with van der Waals surface area (Å²) in [4.78, 5) is 17.0. The quantitative estimate of drug-likeness (QED) is 0.430. The molecule has 0 unspecified atom stereocenters. The van der Waals surface area contributed by atoms with E-state index >= 15 is 0 Å². The Balaban J connectivity index is 1.43. The van der Waals surface area contributed by atoms with Gasteiger partial charge < -0.3 is 14.5 Å². The fourth-order valence-corrected chi connectivity index (χ4v) is 3.31. The summed E-state index contributed by atoms with van der Waals surface area (Å²) in [6, 6.07) is 18.4. The molecular formula is C24H21N3O3S. The van der Waals surface area contributed by atoms with Crippen LogP contribution in [0.4, 0.5) is 5.69 Å². The lowest BCUT2D eigenvalue weighted by Gasteiger charge is -2.10. The number of aromatic nitrogens is 1. The van der Waals surface area contributed by atoms with E-state index < -0.39 is 0 Å². The minimum atomic E-state index is -0.315. The number of aryl methyl sites for hydroxylation is 2. The van der Waals surface area contributed by atoms with Crippen LogP contribution in [0.1, 0.15) is 21.5 Å². The Morgan fingerprint density at radius 2 is 1.77 bits per heavy atom. The first-order chi connectivity index (χ1) is 14.9. The third kappa shape index (κ3) is 4.57. The number of carbonyl (C=O) groups excluding carboxylic acids is 1. The second-order valence-electron chi connectivity index (χ2n) is 7.14. The molecule has 0 aliphatic heterocycles. The van der Waals surface area contributed by atoms with Crippen LogP contribution in [-0.2, 0) is 0 Å². The van der Waals surface area contributed by atoms with Crippen LogP contribution in [0.15, 0.2) is 65.1 Å². The standard InChI is InChI=1S/C24H21N3O3S/c1-14-11-20-21(12-15(14)2)30-23(26-20)16-7-9-18(10-8-16)25-24(31)27-22(28)17-5-4-6-19(13-17)29-3/h4-13H,1-3H3,(H2,25,27,28,31). The molecule has 4 aromatic rings. The normalized spacial score (nSPS) is 10.7. The topological polar surface area (TPSA) is 76.4 Å². The summed E-state index contributed by atoms with van der Waals surface area (Å²) in [6.07, 6.45) is 0. The molecule has 0 fully saturated rings. The smallest absolute Gasteiger partial charge is 0.257 e. The van der Waals surface area contributed by atoms with Crippen molar-refractivity contribution in [2.24, 2.45) is 0 Å². The average molecular weight is 432 g/mol. The first-order valence-corrected chi connectivity index (χ1v) is 10.1. The molecule has 1 amide bonds. The number of nitrogens with one attached hydrogen (secondary N) is 2. The summed E-state index contributed by atoms with van der Waals surface area (Å²) in [7, 11) is 1.55. The summed E-state index contributed by atoms with van der Waals surface area (Å²) in [6.45, 7) is 4.10. The second kappa shape index (κ2) is 8.57. The van der Waals surface area contributed by atoms with Crippen molar-refractivity contribution in [1.82, 2.24) is 10.3 Å². The molecule has 1 heterocycles. The minimum Gasteiger partial charge on any atom is -0.497 e. The molecule has 0 bridgehead atoms. The number of rotatable bonds is 4. The maximum absolute atomic E-state index is 12.4. The van der Waals surface area contributed by atoms with Gasteiger partial charge in [0, 0.05) is 16.8 Å². The molecule has 0 atom stereocenters. The number of nitrogens with zero attached hydrogens (tertiary/aromatic N) is 1. The van der Waals surface area contributed by atoms with Gasteiger partial charge in [0.15, 0.2) is 10.7 Å². The van der Waals surface area contributed by atoms with E-state index in [2.05, 4.69) is 22.5 Å². The van der Waals surface area contributed by atoms with E-state index in [0.717, 1.165) is 22.4 Å². The van der Waals surface area contributed by atoms with Crippen LogP contribution in [0.25, 0.3) is 22.6 Å². The molecule has 2 N–H and O–H groups in total. The van der Waals surface area contributed by atoms with Gasteiger partial charge >= 0.3 is 0 Å². The number of carbonyl (C=O) groups is 1. The molecule has 4 rings (SSSR count). The maximum atomic E-state index is 12.4. The number of benzene rings is 3. The number of hydrogen-bond acceptors (Lipinski definition) is 5. The summed E-state index contributed by atoms with van der Waals surface area (Å²) >= 11 is 5.26. The molecule has 6 nitrogen and oxygen atoms in total. The molecule has 7 heteroatoms. The lowest BCUT2D eigenvalue weighted by molar-refractivity contribution is 0.0977. The molecule has 0 radical (unpaired) electrons. The van der Waals surface area contributed by atoms with Crippen molar-refractivity contribution in [3.63, 3.8) is 0 Å². The largest absolute Gasteiger partial charge is 0.497 e. The highest BCUT2D eigenvalue weighted by molar-refractivity contribution is 7.80. The predicted molar refractivity (Wildman–Crippen MR) is 126 cm³/mol. The zero-order valence-electron chi connectivity index (χ0n) is 17.4. The average Bonchev–Trinajstić information content (AvgIpc) is 3.17. The minimum absolute atomic E-state index is 0.202. The molecule has 0 aliphatic rings. The van der Waals surface area contributed by atoms with Crippen molar-refractivity contribution in [3.05, 3.63) is 77.4 Å². The maximum Gasteiger partial charge on any atom is 0.257 e. The van der Waals surface area contributed by atoms with Crippen molar-refractivity contribution in [1.29, 1.82) is 0 Å². The van der Waals surface area contributed by atoms with E-state index in [1.165, 1.54) is 11.1 Å². The number of thiocarbonyl (C=S) groups is 1. The van der Waals surface area contributed by atoms with E-state index in [-0.39, 0.29) is 11.0 Å². The van der Waals surface area contributed by atoms with Gasteiger partial charge in [0.25, 0.3) is 5.91 Å². The van der Waals surface area contributed by atoms with Crippen molar-refractivity contribution < 1.29 is 13.9 Å². The third-order valence-corrected chi connectivity index (χ3v) is 5.16. The first kappa shape index (κ1) is 20.6. The van der Waals surface area contributed by atoms with Gasteiger partial charge in [-0.3, -0.25) is 10.1 Å². The van der Waals surface area contributed by atoms with Gasteiger partial charge in [-0.1, -0.05) is 6.07 Å². The highest BCUT2D eigenvalue weighted by atomic mass is 32.1. The SMILES string of the molecule is COc1cccc(C(=O)NC(=S)Nc2ccc(-c3nc4cc(C)c(C)cc4o3)cc2)c1. The van der Waals surface area contributed by atoms with Gasteiger partial charge in [0.05, 0.1) is 7.11 Å². The lowest BCUT2D eigenvalue weighted by atomic mass is 10.1. The number of amides is 1. The predicted octanol–water partition coefficient (Wildman–Crippen LogP) is 5.25. The van der Waals surface area contributed by atoms with Crippen LogP contribution in [0.2, 0.25) is 0 Å². The molecule has 0 saturated carbocycles. The Morgan fingerprint density at radius 3 is 2.52 bits per heavy atom. The molecule has 0 saturated heterocycles. The second-order valence-corrected chi connectivity index (χ2v) is 7.55. The van der Waals surface area contributed by atoms with Crippen LogP contribution >= 0.6 is 12.2 Å². The number of ether oxygens (including phenoxy) is 1. The number of methoxy groups -OCH3 is 1. The molecular weight excluding hydrogens is 410 g/mol. The highest BCUT2D eigenvalue weighted by Gasteiger charge is 2.11. The van der Waals surface area contributed by atoms with E-state index in [1.807, 2.05) is 43.3 Å². The van der Waals surface area contributed by atoms with Crippen LogP contribution in [0, 0.1) is 13.8 Å². The number of fused-ring (bicyclic) bond motifs is 1. The summed E-state index contributed by atoms with van der Waals surface area (Å²) in [5.74, 6) is 0.845. The van der Waals surface area contributed by atoms with E-state index in [4.69, 9.17) is 21.4 Å². The zero-order valence-corrected chi connectivity index (χ0v) is 18.2. The Kier molecular flexibility index (Phi) is 5.68. The van der Waals surface area contributed by atoms with Gasteiger partial charge in [-0.25, -0.2) is 4.98 Å². The van der Waals surface area contributed by atoms with Gasteiger partial charge in [-0.2, -0.15) is 0 Å². The van der Waals surface area contributed by atoms with Crippen LogP contribution in [0.3, 0.4) is 0 Å². The number of hydrogen-bond donors (Lipinski definition) is 2. The Morgan fingerprint density at radius 1 is 1.03 bits per heavy atom. The van der Waals surface area contributed by atoms with Crippen LogP contribution in [-0.4, -0.2) is 23.1 Å². The van der Waals surface area contributed by atoms with Gasteiger partial charge in [0.1, 0.15) is 11.3 Å². The van der Waals surface area contributed by atoms with E-state index in [1.54, 1.807) is 31.4 Å². The Labute approximate surface area is 185 Å². The molecule has 0 spiro atoms.